The summed E-state index contributed by atoms with van der Waals surface area (Å²) in [5, 5.41) is 123. The number of thioether (sulfide) groups is 1. The van der Waals surface area contributed by atoms with Gasteiger partial charge in [-0.3, -0.25) is 95.9 Å². The van der Waals surface area contributed by atoms with Crippen molar-refractivity contribution in [3.63, 3.8) is 0 Å². The second-order valence-electron chi connectivity index (χ2n) is 33.1. The predicted molar refractivity (Wildman–Crippen MR) is 487 cm³/mol. The first-order chi connectivity index (χ1) is 62.7. The summed E-state index contributed by atoms with van der Waals surface area (Å²) in [6.07, 6.45) is -6.92. The molecular weight excluding hydrogens is 1830 g/mol. The Morgan fingerprint density at radius 2 is 0.731 bits per heavy atom. The van der Waals surface area contributed by atoms with Crippen LogP contribution in [-0.4, -0.2) is 366 Å². The van der Waals surface area contributed by atoms with Gasteiger partial charge in [0.2, 0.25) is 118 Å². The number of carboxylic acid groups (broad SMARTS) is 1. The molecule has 51 nitrogen and oxygen atoms in total. The van der Waals surface area contributed by atoms with E-state index >= 15 is 0 Å². The SMILES string of the molecule is CC[C@H](C)[C@H](NC(=O)[C@H](C)NC(=O)[C@@H]1CCCN1C(=O)[C@@H](NC(=O)[C@@H](NC(=O)[C@H](CC(N)=O)NC(=O)[C@H](CCCCN)NC(=O)[C@H](CCC(N)=O)NC(=O)[C@H](CO)NC(=O)[C@H](CO)NC(=O)[C@H](CO)NC(=O)[C@@H](NC(=O)[C@@H](NC(=O)[C@H](CCSC)NC(=O)[C@H](C)N)[C@@H](C)O)[C@@H](C)O)[C@@H](C)CC)[C@@H](C)O)C(=O)N[C@@H](CC(C)C)C(=O)N[C@H](C(=O)N[C@@H](CS)C(=O)N[C@@H](CS)C(=O)O)[C@@H](C)O. The number of nitrogens with two attached hydrogens (primary N) is 4. The molecule has 33 N–H and O–H groups in total. The number of carbonyl (C=O) groups is 21. The second-order valence-corrected chi connectivity index (χ2v) is 34.8. The molecule has 1 saturated heterocycles. The highest BCUT2D eigenvalue weighted by Crippen LogP contribution is 2.22. The van der Waals surface area contributed by atoms with Crippen LogP contribution in [-0.2, 0) is 101 Å². The number of aliphatic hydroxyl groups excluding tert-OH is 7. The minimum absolute atomic E-state index is 0.0127. The fourth-order valence-corrected chi connectivity index (χ4v) is 14.0. The molecule has 0 saturated carbocycles. The lowest BCUT2D eigenvalue weighted by Gasteiger charge is -2.33. The second kappa shape index (κ2) is 61.5. The Labute approximate surface area is 790 Å². The van der Waals surface area contributed by atoms with Crippen LogP contribution >= 0.6 is 37.0 Å². The number of carboxylic acids is 1. The molecule has 0 aliphatic carbocycles. The number of nitrogens with zero attached hydrogens (tertiary/aromatic N) is 1. The van der Waals surface area contributed by atoms with E-state index in [9.17, 15) is 142 Å². The van der Waals surface area contributed by atoms with Gasteiger partial charge in [-0.1, -0.05) is 54.4 Å². The summed E-state index contributed by atoms with van der Waals surface area (Å²) in [4.78, 5) is 287. The number of likely N-dealkylation sites (tertiary alicyclic amines) is 1. The molecule has 1 heterocycles. The zero-order chi connectivity index (χ0) is 103. The minimum Gasteiger partial charge on any atom is -0.480 e. The summed E-state index contributed by atoms with van der Waals surface area (Å²) in [6, 6.07) is -31.7. The highest BCUT2D eigenvalue weighted by molar-refractivity contribution is 7.98. The number of unbranched alkanes of at least 4 members (excludes halogenated alkanes) is 1. The van der Waals surface area contributed by atoms with Gasteiger partial charge in [0, 0.05) is 24.5 Å². The third-order valence-electron chi connectivity index (χ3n) is 21.4. The molecule has 0 spiro atoms. The lowest BCUT2D eigenvalue weighted by atomic mass is 9.96. The lowest BCUT2D eigenvalue weighted by Crippen LogP contribution is -2.64. The number of rotatable bonds is 63. The van der Waals surface area contributed by atoms with Crippen molar-refractivity contribution in [2.24, 2.45) is 40.7 Å². The van der Waals surface area contributed by atoms with Crippen molar-refractivity contribution < 1.29 is 142 Å². The van der Waals surface area contributed by atoms with E-state index in [1.54, 1.807) is 40.9 Å². The summed E-state index contributed by atoms with van der Waals surface area (Å²) in [5.41, 5.74) is 22.4. The van der Waals surface area contributed by atoms with Crippen LogP contribution in [0, 0.1) is 17.8 Å². The molecule has 762 valence electrons. The molecule has 54 heteroatoms. The van der Waals surface area contributed by atoms with Crippen molar-refractivity contribution in [1.29, 1.82) is 0 Å². The predicted octanol–water partition coefficient (Wildman–Crippen LogP) is -12.8. The molecule has 25 atom stereocenters. The van der Waals surface area contributed by atoms with Crippen LogP contribution in [0.1, 0.15) is 160 Å². The quantitative estimate of drug-likeness (QED) is 0.0199. The molecule has 1 aliphatic heterocycles. The average Bonchev–Trinajstić information content (AvgIpc) is 1.64. The molecule has 1 aliphatic rings. The van der Waals surface area contributed by atoms with Crippen LogP contribution in [0.4, 0.5) is 0 Å². The Bertz CT molecular complexity index is 3990. The van der Waals surface area contributed by atoms with Crippen molar-refractivity contribution in [3.8, 4) is 0 Å². The van der Waals surface area contributed by atoms with Crippen molar-refractivity contribution in [2.75, 3.05) is 56.4 Å². The van der Waals surface area contributed by atoms with Gasteiger partial charge in [0.25, 0.3) is 0 Å². The Morgan fingerprint density at radius 3 is 1.14 bits per heavy atom. The zero-order valence-electron chi connectivity index (χ0n) is 77.4. The van der Waals surface area contributed by atoms with E-state index in [1.165, 1.54) is 32.5 Å². The van der Waals surface area contributed by atoms with Crippen LogP contribution in [0.3, 0.4) is 0 Å². The summed E-state index contributed by atoms with van der Waals surface area (Å²) < 4.78 is 0. The molecule has 0 radical (unpaired) electrons. The fourth-order valence-electron chi connectivity index (χ4n) is 13.0. The molecule has 1 fully saturated rings. The van der Waals surface area contributed by atoms with Crippen LogP contribution in [0.15, 0.2) is 0 Å². The molecule has 20 amide bonds. The van der Waals surface area contributed by atoms with Gasteiger partial charge in [0.05, 0.1) is 56.7 Å². The lowest BCUT2D eigenvalue weighted by molar-refractivity contribution is -0.145. The highest BCUT2D eigenvalue weighted by Gasteiger charge is 2.45. The molecular formula is C80H140N22O29S3. The molecule has 0 bridgehead atoms. The number of carbonyl (C=O) groups excluding carboxylic acids is 20. The standard InChI is InChI=1S/C80H140N22O29S3/c1-14-35(5)56(74(124)90-46(27-34(3)4)67(117)99-58(39(9)106)77(127)94-51(32-132)72(122)95-52(33-133)80(130)131)96-63(113)38(8)85-73(123)53-20-18-25-102(53)79(129)61(42(12)109)101-75(125)57(36(6)15-2)97-68(118)47(28-55(84)111)89-64(114)43(19-16-17-24-81)87-65(115)44(21-22-54(83)110)88-69(119)48(29-103)91-70(120)49(30-104)92-71(121)50(31-105)93-76(126)59(40(10)107)100-78(128)60(41(11)108)98-66(116)45(23-26-134-13)86-62(112)37(7)82/h34-53,56-61,103-109,132-133H,14-33,81-82H2,1-13H3,(H2,83,110)(H2,84,111)(H,85,123)(H,86,112)(H,87,115)(H,88,119)(H,89,114)(H,90,124)(H,91,120)(H,92,121)(H,93,126)(H,94,127)(H,95,122)(H,96,113)(H,97,118)(H,98,116)(H,99,117)(H,100,128)(H,101,125)(H,130,131)/t35-,36-,37-,38-,39+,40+,41+,42+,43-,44-,45-,46-,47-,48-,49-,50-,51-,52-,53-,56-,57-,58-,59-,60-,61-/m0/s1. The van der Waals surface area contributed by atoms with E-state index in [2.05, 4.69) is 99.7 Å². The first-order valence-electron chi connectivity index (χ1n) is 43.7. The topological polar surface area (TPSA) is 832 Å². The van der Waals surface area contributed by atoms with Gasteiger partial charge in [-0.25, -0.2) is 4.79 Å². The Hall–Kier alpha value is -10.4. The normalized spacial score (nSPS) is 17.8. The average molecular weight is 1970 g/mol. The van der Waals surface area contributed by atoms with Crippen molar-refractivity contribution in [2.45, 2.75) is 299 Å². The van der Waals surface area contributed by atoms with Crippen molar-refractivity contribution in [1.82, 2.24) is 95.3 Å². The number of amides is 20. The smallest absolute Gasteiger partial charge is 0.327 e. The van der Waals surface area contributed by atoms with E-state index in [4.69, 9.17) is 22.9 Å². The van der Waals surface area contributed by atoms with Crippen molar-refractivity contribution >= 4 is 161 Å². The maximum atomic E-state index is 14.6. The maximum absolute atomic E-state index is 14.6. The van der Waals surface area contributed by atoms with Crippen LogP contribution in [0.25, 0.3) is 0 Å². The van der Waals surface area contributed by atoms with E-state index in [-0.39, 0.29) is 88.3 Å². The first kappa shape index (κ1) is 122. The van der Waals surface area contributed by atoms with Gasteiger partial charge in [-0.15, -0.1) is 0 Å². The van der Waals surface area contributed by atoms with Crippen molar-refractivity contribution in [3.05, 3.63) is 0 Å². The van der Waals surface area contributed by atoms with Gasteiger partial charge >= 0.3 is 5.97 Å². The molecule has 0 unspecified atom stereocenters. The molecule has 0 aromatic rings. The number of nitrogens with one attached hydrogen (secondary N) is 17. The summed E-state index contributed by atoms with van der Waals surface area (Å²) in [6.45, 7) is 12.9. The summed E-state index contributed by atoms with van der Waals surface area (Å²) in [5.74, 6) is -25.9. The Kier molecular flexibility index (Phi) is 55.8. The number of aliphatic carboxylic acids is 1. The Balaban J connectivity index is 3.50. The van der Waals surface area contributed by atoms with E-state index in [0.717, 1.165) is 32.6 Å². The van der Waals surface area contributed by atoms with Gasteiger partial charge in [0.15, 0.2) is 0 Å². The van der Waals surface area contributed by atoms with E-state index in [0.29, 0.717) is 5.75 Å². The largest absolute Gasteiger partial charge is 0.480 e. The van der Waals surface area contributed by atoms with Gasteiger partial charge in [-0.05, 0) is 129 Å². The monoisotopic (exact) mass is 1970 g/mol. The van der Waals surface area contributed by atoms with Gasteiger partial charge in [0.1, 0.15) is 109 Å². The van der Waals surface area contributed by atoms with Gasteiger partial charge in [-0.2, -0.15) is 37.0 Å². The third kappa shape index (κ3) is 41.0. The Morgan fingerprint density at radius 1 is 0.396 bits per heavy atom. The van der Waals surface area contributed by atoms with Crippen LogP contribution in [0.2, 0.25) is 0 Å². The fraction of sp³-hybridized carbons (Fsp3) is 0.738. The minimum atomic E-state index is -2.09. The number of thiol groups is 2. The van der Waals surface area contributed by atoms with Crippen LogP contribution in [0.5, 0.6) is 0 Å². The summed E-state index contributed by atoms with van der Waals surface area (Å²) in [7, 11) is 0. The molecule has 0 aromatic heterocycles. The number of hydrogen-bond acceptors (Lipinski definition) is 33. The highest BCUT2D eigenvalue weighted by atomic mass is 32.2. The number of primary amides is 2. The summed E-state index contributed by atoms with van der Waals surface area (Å²) >= 11 is 9.30. The molecule has 134 heavy (non-hydrogen) atoms. The zero-order valence-corrected chi connectivity index (χ0v) is 80.0. The first-order valence-corrected chi connectivity index (χ1v) is 46.3. The number of hydrogen-bond donors (Lipinski definition) is 31. The molecule has 0 aromatic carbocycles. The molecule has 1 rings (SSSR count). The van der Waals surface area contributed by atoms with E-state index < -0.39 is 314 Å². The maximum Gasteiger partial charge on any atom is 0.327 e. The number of aliphatic hydroxyl groups is 7. The van der Waals surface area contributed by atoms with Gasteiger partial charge < -0.3 is 159 Å². The van der Waals surface area contributed by atoms with E-state index in [1.807, 2.05) is 16.0 Å². The third-order valence-corrected chi connectivity index (χ3v) is 22.8. The van der Waals surface area contributed by atoms with Crippen LogP contribution < -0.4 is 113 Å².